The van der Waals surface area contributed by atoms with Crippen LogP contribution in [0.25, 0.3) is 11.0 Å². The number of nitrogens with zero attached hydrogens (tertiary/aromatic N) is 4. The molecule has 3 heterocycles. The lowest BCUT2D eigenvalue weighted by Gasteiger charge is -2.34. The quantitative estimate of drug-likeness (QED) is 0.738. The summed E-state index contributed by atoms with van der Waals surface area (Å²) in [6.45, 7) is 3.56. The van der Waals surface area contributed by atoms with Gasteiger partial charge in [-0.2, -0.15) is 5.10 Å². The lowest BCUT2D eigenvalue weighted by atomic mass is 9.71. The second kappa shape index (κ2) is 6.25. The van der Waals surface area contributed by atoms with E-state index in [1.54, 1.807) is 13.1 Å². The number of rotatable bonds is 3. The van der Waals surface area contributed by atoms with Crippen molar-refractivity contribution in [2.24, 2.45) is 0 Å². The van der Waals surface area contributed by atoms with E-state index in [9.17, 15) is 9.18 Å². The van der Waals surface area contributed by atoms with Crippen molar-refractivity contribution in [1.82, 2.24) is 24.9 Å². The van der Waals surface area contributed by atoms with Crippen LogP contribution in [0.3, 0.4) is 0 Å². The van der Waals surface area contributed by atoms with Gasteiger partial charge in [0.2, 0.25) is 0 Å². The van der Waals surface area contributed by atoms with Crippen LogP contribution in [0, 0.1) is 6.92 Å². The second-order valence-electron chi connectivity index (χ2n) is 8.58. The molecule has 0 spiro atoms. The molecule has 0 saturated heterocycles. The predicted molar refractivity (Wildman–Crippen MR) is 101 cm³/mol. The lowest BCUT2D eigenvalue weighted by Crippen LogP contribution is -2.29. The van der Waals surface area contributed by atoms with E-state index in [1.807, 2.05) is 17.7 Å². The molecular weight excluding hydrogens is 361 g/mol. The third kappa shape index (κ3) is 2.86. The molecule has 2 atom stereocenters. The van der Waals surface area contributed by atoms with Crippen LogP contribution < -0.4 is 5.56 Å². The molecule has 2 saturated carbocycles. The fraction of sp³-hybridized carbons (Fsp3) is 0.600. The van der Waals surface area contributed by atoms with Crippen LogP contribution in [0.4, 0.5) is 4.39 Å². The highest BCUT2D eigenvalue weighted by molar-refractivity contribution is 5.73. The van der Waals surface area contributed by atoms with Gasteiger partial charge in [-0.3, -0.25) is 4.79 Å². The van der Waals surface area contributed by atoms with E-state index in [0.717, 1.165) is 24.3 Å². The minimum atomic E-state index is -1.11. The number of H-pyrrole nitrogens is 1. The number of aromatic amines is 1. The molecule has 5 rings (SSSR count). The van der Waals surface area contributed by atoms with E-state index < -0.39 is 5.67 Å². The summed E-state index contributed by atoms with van der Waals surface area (Å²) >= 11 is 0. The average Bonchev–Trinajstić information content (AvgIpc) is 3.21. The Morgan fingerprint density at radius 1 is 1.25 bits per heavy atom. The Morgan fingerprint density at radius 2 is 2.00 bits per heavy atom. The van der Waals surface area contributed by atoms with Gasteiger partial charge in [0.25, 0.3) is 5.56 Å². The largest absolute Gasteiger partial charge is 0.361 e. The normalized spacial score (nSPS) is 30.5. The Kier molecular flexibility index (Phi) is 3.93. The maximum absolute atomic E-state index is 14.2. The summed E-state index contributed by atoms with van der Waals surface area (Å²) in [4.78, 5) is 20.4. The van der Waals surface area contributed by atoms with E-state index in [2.05, 4.69) is 15.2 Å². The highest BCUT2D eigenvalue weighted by Gasteiger charge is 2.38. The number of alkyl halides is 1. The van der Waals surface area contributed by atoms with Gasteiger partial charge in [0, 0.05) is 17.9 Å². The van der Waals surface area contributed by atoms with Crippen LogP contribution >= 0.6 is 0 Å². The third-order valence-electron chi connectivity index (χ3n) is 6.46. The van der Waals surface area contributed by atoms with E-state index in [1.165, 1.54) is 0 Å². The molecule has 0 radical (unpaired) electrons. The van der Waals surface area contributed by atoms with E-state index in [4.69, 9.17) is 9.51 Å². The minimum absolute atomic E-state index is 0.0811. The molecule has 148 valence electrons. The Bertz CT molecular complexity index is 1070. The molecule has 1 N–H and O–H groups in total. The Labute approximate surface area is 161 Å². The number of nitrogens with one attached hydrogen (secondary N) is 1. The molecule has 2 fully saturated rings. The number of fused-ring (bicyclic) bond motifs is 1. The molecule has 2 aliphatic rings. The molecule has 0 aliphatic heterocycles. The van der Waals surface area contributed by atoms with Crippen LogP contribution in [-0.4, -0.2) is 30.6 Å². The molecule has 2 aliphatic carbocycles. The molecule has 0 aromatic carbocycles. The highest BCUT2D eigenvalue weighted by atomic mass is 19.1. The van der Waals surface area contributed by atoms with Crippen LogP contribution in [0.15, 0.2) is 21.6 Å². The number of halogens is 1. The van der Waals surface area contributed by atoms with Crippen LogP contribution in [0.2, 0.25) is 0 Å². The molecule has 0 bridgehead atoms. The Balaban J connectivity index is 1.49. The standard InChI is InChI=1S/C20H24FN5O2/c1-11-9-16(28-25-11)13-3-4-14(13)17-23-18-15(19(27)24-17)10-22-26(18)12-5-7-20(2,21)8-6-12/h9-10,12-14H,3-8H2,1-2H3,(H,23,24,27)/t12?,13-,14-,20?/m1/s1. The molecule has 0 unspecified atom stereocenters. The van der Waals surface area contributed by atoms with Crippen molar-refractivity contribution in [2.75, 3.05) is 0 Å². The summed E-state index contributed by atoms with van der Waals surface area (Å²) in [6, 6.07) is 2.03. The van der Waals surface area contributed by atoms with Crippen molar-refractivity contribution >= 4 is 11.0 Å². The number of aromatic nitrogens is 5. The van der Waals surface area contributed by atoms with Gasteiger partial charge < -0.3 is 9.51 Å². The molecular formula is C20H24FN5O2. The zero-order chi connectivity index (χ0) is 19.5. The zero-order valence-corrected chi connectivity index (χ0v) is 16.1. The molecule has 0 amide bonds. The van der Waals surface area contributed by atoms with Crippen molar-refractivity contribution in [3.8, 4) is 0 Å². The molecule has 3 aromatic heterocycles. The molecule has 8 heteroatoms. The van der Waals surface area contributed by atoms with E-state index in [-0.39, 0.29) is 23.4 Å². The summed E-state index contributed by atoms with van der Waals surface area (Å²) in [5.41, 5.74) is 0.180. The lowest BCUT2D eigenvalue weighted by molar-refractivity contribution is 0.103. The molecule has 3 aromatic rings. The van der Waals surface area contributed by atoms with Gasteiger partial charge in [0.1, 0.15) is 22.6 Å². The van der Waals surface area contributed by atoms with Crippen LogP contribution in [0.1, 0.15) is 80.6 Å². The maximum atomic E-state index is 14.2. The van der Waals surface area contributed by atoms with Crippen molar-refractivity contribution in [1.29, 1.82) is 0 Å². The SMILES string of the molecule is Cc1cc([C@@H]2CC[C@H]2c2nc3c(cnn3C3CCC(C)(F)CC3)c(=O)[nH]2)on1. The third-order valence-corrected chi connectivity index (χ3v) is 6.46. The fourth-order valence-corrected chi connectivity index (χ4v) is 4.57. The first-order valence-electron chi connectivity index (χ1n) is 10.0. The van der Waals surface area contributed by atoms with Crippen LogP contribution in [-0.2, 0) is 0 Å². The molecule has 28 heavy (non-hydrogen) atoms. The molecule has 7 nitrogen and oxygen atoms in total. The second-order valence-corrected chi connectivity index (χ2v) is 8.58. The van der Waals surface area contributed by atoms with Crippen molar-refractivity contribution in [2.45, 2.75) is 75.9 Å². The first-order chi connectivity index (χ1) is 13.4. The maximum Gasteiger partial charge on any atom is 0.262 e. The van der Waals surface area contributed by atoms with Gasteiger partial charge in [-0.05, 0) is 52.4 Å². The summed E-state index contributed by atoms with van der Waals surface area (Å²) in [6.07, 6.45) is 5.92. The van der Waals surface area contributed by atoms with Crippen LogP contribution in [0.5, 0.6) is 0 Å². The average molecular weight is 385 g/mol. The predicted octanol–water partition coefficient (Wildman–Crippen LogP) is 3.92. The Morgan fingerprint density at radius 3 is 2.64 bits per heavy atom. The smallest absolute Gasteiger partial charge is 0.262 e. The summed E-state index contributed by atoms with van der Waals surface area (Å²) < 4.78 is 21.4. The summed E-state index contributed by atoms with van der Waals surface area (Å²) in [5, 5.41) is 8.91. The van der Waals surface area contributed by atoms with Gasteiger partial charge in [0.15, 0.2) is 5.65 Å². The summed E-state index contributed by atoms with van der Waals surface area (Å²) in [5.74, 6) is 1.81. The number of aryl methyl sites for hydroxylation is 1. The van der Waals surface area contributed by atoms with Gasteiger partial charge >= 0.3 is 0 Å². The minimum Gasteiger partial charge on any atom is -0.361 e. The van der Waals surface area contributed by atoms with Gasteiger partial charge in [-0.15, -0.1) is 0 Å². The number of hydrogen-bond donors (Lipinski definition) is 1. The first kappa shape index (κ1) is 17.6. The highest BCUT2D eigenvalue weighted by Crippen LogP contribution is 2.48. The fourth-order valence-electron chi connectivity index (χ4n) is 4.57. The first-order valence-corrected chi connectivity index (χ1v) is 10.0. The van der Waals surface area contributed by atoms with Crippen molar-refractivity contribution in [3.63, 3.8) is 0 Å². The van der Waals surface area contributed by atoms with E-state index >= 15 is 0 Å². The summed E-state index contributed by atoms with van der Waals surface area (Å²) in [7, 11) is 0. The van der Waals surface area contributed by atoms with E-state index in [0.29, 0.717) is 42.5 Å². The Hall–Kier alpha value is -2.51. The van der Waals surface area contributed by atoms with Gasteiger partial charge in [0.05, 0.1) is 17.9 Å². The van der Waals surface area contributed by atoms with Crippen molar-refractivity contribution in [3.05, 3.63) is 39.9 Å². The topological polar surface area (TPSA) is 89.6 Å². The van der Waals surface area contributed by atoms with Crippen molar-refractivity contribution < 1.29 is 8.91 Å². The zero-order valence-electron chi connectivity index (χ0n) is 16.1. The number of hydrogen-bond acceptors (Lipinski definition) is 5. The van der Waals surface area contributed by atoms with Gasteiger partial charge in [-0.1, -0.05) is 5.16 Å². The monoisotopic (exact) mass is 385 g/mol. The van der Waals surface area contributed by atoms with Gasteiger partial charge in [-0.25, -0.2) is 14.1 Å².